The number of aliphatic hydroxyl groups is 2. The summed E-state index contributed by atoms with van der Waals surface area (Å²) < 4.78 is 0. The number of rotatable bonds is 6. The maximum Gasteiger partial charge on any atom is 0.111 e. The maximum absolute atomic E-state index is 10.6. The summed E-state index contributed by atoms with van der Waals surface area (Å²) >= 11 is 0. The van der Waals surface area contributed by atoms with Crippen molar-refractivity contribution in [3.8, 4) is 0 Å². The van der Waals surface area contributed by atoms with E-state index in [1.807, 2.05) is 30.3 Å². The molecule has 3 heteroatoms. The first-order valence-electron chi connectivity index (χ1n) is 7.82. The molecule has 20 heavy (non-hydrogen) atoms. The monoisotopic (exact) mass is 277 g/mol. The van der Waals surface area contributed by atoms with Gasteiger partial charge in [-0.05, 0) is 25.3 Å². The number of hydrogen-bond acceptors (Lipinski definition) is 3. The zero-order valence-electron chi connectivity index (χ0n) is 12.4. The van der Waals surface area contributed by atoms with E-state index in [1.54, 1.807) is 6.92 Å². The van der Waals surface area contributed by atoms with Crippen LogP contribution in [0.15, 0.2) is 30.3 Å². The van der Waals surface area contributed by atoms with Gasteiger partial charge in [-0.25, -0.2) is 0 Å². The Hall–Kier alpha value is -0.900. The van der Waals surface area contributed by atoms with Gasteiger partial charge in [-0.1, -0.05) is 49.6 Å². The van der Waals surface area contributed by atoms with Crippen LogP contribution in [0.25, 0.3) is 0 Å². The summed E-state index contributed by atoms with van der Waals surface area (Å²) in [6.07, 6.45) is 5.77. The first-order valence-corrected chi connectivity index (χ1v) is 7.82. The van der Waals surface area contributed by atoms with E-state index in [0.717, 1.165) is 18.4 Å². The molecule has 2 atom stereocenters. The van der Waals surface area contributed by atoms with Crippen molar-refractivity contribution in [2.45, 2.75) is 63.8 Å². The lowest BCUT2D eigenvalue weighted by molar-refractivity contribution is -0.0534. The fourth-order valence-corrected chi connectivity index (χ4v) is 3.17. The van der Waals surface area contributed by atoms with Crippen molar-refractivity contribution in [2.75, 3.05) is 6.54 Å². The molecule has 2 N–H and O–H groups in total. The summed E-state index contributed by atoms with van der Waals surface area (Å²) in [7, 11) is 0. The normalized spacial score (nSPS) is 20.0. The van der Waals surface area contributed by atoms with Gasteiger partial charge in [0.15, 0.2) is 0 Å². The molecule has 0 bridgehead atoms. The van der Waals surface area contributed by atoms with Crippen molar-refractivity contribution in [1.29, 1.82) is 0 Å². The van der Waals surface area contributed by atoms with Crippen LogP contribution in [-0.2, 0) is 6.42 Å². The minimum absolute atomic E-state index is 0.401. The van der Waals surface area contributed by atoms with Crippen LogP contribution in [0.1, 0.15) is 44.6 Å². The lowest BCUT2D eigenvalue weighted by Crippen LogP contribution is -2.48. The van der Waals surface area contributed by atoms with Gasteiger partial charge in [0.1, 0.15) is 6.23 Å². The molecule has 0 amide bonds. The predicted octanol–water partition coefficient (Wildman–Crippen LogP) is 2.56. The first kappa shape index (κ1) is 15.5. The number of nitrogens with zero attached hydrogens (tertiary/aromatic N) is 1. The largest absolute Gasteiger partial charge is 0.392 e. The molecule has 2 unspecified atom stereocenters. The predicted molar refractivity (Wildman–Crippen MR) is 81.4 cm³/mol. The molecule has 3 nitrogen and oxygen atoms in total. The fourth-order valence-electron chi connectivity index (χ4n) is 3.17. The molecule has 1 aromatic carbocycles. The highest BCUT2D eigenvalue weighted by molar-refractivity contribution is 5.15. The number of benzene rings is 1. The Morgan fingerprint density at radius 1 is 1.10 bits per heavy atom. The molecule has 112 valence electrons. The lowest BCUT2D eigenvalue weighted by Gasteiger charge is -2.38. The van der Waals surface area contributed by atoms with Crippen LogP contribution < -0.4 is 0 Å². The maximum atomic E-state index is 10.6. The third kappa shape index (κ3) is 4.58. The summed E-state index contributed by atoms with van der Waals surface area (Å²) in [6.45, 7) is 2.35. The first-order chi connectivity index (χ1) is 9.66. The number of aliphatic hydroxyl groups excluding tert-OH is 2. The Labute approximate surface area is 122 Å². The van der Waals surface area contributed by atoms with E-state index in [1.165, 1.54) is 19.3 Å². The Morgan fingerprint density at radius 3 is 2.35 bits per heavy atom. The average molecular weight is 277 g/mol. The molecule has 1 fully saturated rings. The zero-order chi connectivity index (χ0) is 14.4. The van der Waals surface area contributed by atoms with Gasteiger partial charge in [0.2, 0.25) is 0 Å². The van der Waals surface area contributed by atoms with Crippen molar-refractivity contribution in [1.82, 2.24) is 4.90 Å². The minimum atomic E-state index is -0.505. The summed E-state index contributed by atoms with van der Waals surface area (Å²) in [5.74, 6) is 0. The van der Waals surface area contributed by atoms with Crippen molar-refractivity contribution in [3.63, 3.8) is 0 Å². The van der Waals surface area contributed by atoms with Gasteiger partial charge >= 0.3 is 0 Å². The number of hydrogen-bond donors (Lipinski definition) is 2. The Bertz CT molecular complexity index is 374. The van der Waals surface area contributed by atoms with E-state index >= 15 is 0 Å². The average Bonchev–Trinajstić information content (AvgIpc) is 2.46. The lowest BCUT2D eigenvalue weighted by atomic mass is 9.93. The second kappa shape index (κ2) is 7.77. The molecule has 1 aromatic rings. The van der Waals surface area contributed by atoms with E-state index < -0.39 is 12.3 Å². The minimum Gasteiger partial charge on any atom is -0.392 e. The van der Waals surface area contributed by atoms with Crippen LogP contribution in [-0.4, -0.2) is 40.0 Å². The van der Waals surface area contributed by atoms with Gasteiger partial charge in [0, 0.05) is 19.0 Å². The highest BCUT2D eigenvalue weighted by Gasteiger charge is 2.27. The van der Waals surface area contributed by atoms with Gasteiger partial charge in [-0.3, -0.25) is 4.90 Å². The second-order valence-corrected chi connectivity index (χ2v) is 6.01. The molecule has 0 aromatic heterocycles. The molecule has 0 radical (unpaired) electrons. The highest BCUT2D eigenvalue weighted by Crippen LogP contribution is 2.25. The molecule has 0 saturated heterocycles. The van der Waals surface area contributed by atoms with Crippen molar-refractivity contribution in [3.05, 3.63) is 35.9 Å². The third-order valence-electron chi connectivity index (χ3n) is 4.16. The smallest absolute Gasteiger partial charge is 0.111 e. The van der Waals surface area contributed by atoms with Crippen LogP contribution in [0.2, 0.25) is 0 Å². The van der Waals surface area contributed by atoms with Gasteiger partial charge in [0.25, 0.3) is 0 Å². The van der Waals surface area contributed by atoms with Gasteiger partial charge in [-0.15, -0.1) is 0 Å². The van der Waals surface area contributed by atoms with Gasteiger partial charge in [0.05, 0.1) is 6.10 Å². The van der Waals surface area contributed by atoms with Crippen LogP contribution in [0.5, 0.6) is 0 Å². The molecule has 0 spiro atoms. The van der Waals surface area contributed by atoms with Crippen LogP contribution in [0, 0.1) is 0 Å². The van der Waals surface area contributed by atoms with E-state index in [-0.39, 0.29) is 0 Å². The van der Waals surface area contributed by atoms with Gasteiger partial charge in [-0.2, -0.15) is 0 Å². The molecule has 1 aliphatic carbocycles. The van der Waals surface area contributed by atoms with E-state index in [2.05, 4.69) is 4.90 Å². The fraction of sp³-hybridized carbons (Fsp3) is 0.647. The van der Waals surface area contributed by atoms with Crippen LogP contribution in [0.3, 0.4) is 0 Å². The third-order valence-corrected chi connectivity index (χ3v) is 4.16. The van der Waals surface area contributed by atoms with Crippen molar-refractivity contribution in [2.24, 2.45) is 0 Å². The van der Waals surface area contributed by atoms with E-state index in [0.29, 0.717) is 19.0 Å². The standard InChI is InChI=1S/C17H27NO2/c1-14(19)13-18(16-10-6-3-7-11-16)17(20)12-15-8-4-2-5-9-15/h2,4-5,8-9,14,16-17,19-20H,3,6-7,10-13H2,1H3. The zero-order valence-corrected chi connectivity index (χ0v) is 12.4. The summed E-state index contributed by atoms with van der Waals surface area (Å²) in [5, 5.41) is 20.3. The SMILES string of the molecule is CC(O)CN(C(O)Cc1ccccc1)C1CCCCC1. The molecule has 1 aliphatic rings. The van der Waals surface area contributed by atoms with Crippen LogP contribution >= 0.6 is 0 Å². The molecule has 0 heterocycles. The molecular formula is C17H27NO2. The van der Waals surface area contributed by atoms with Crippen molar-refractivity contribution < 1.29 is 10.2 Å². The molecule has 2 rings (SSSR count). The Kier molecular flexibility index (Phi) is 6.02. The van der Waals surface area contributed by atoms with Crippen LogP contribution in [0.4, 0.5) is 0 Å². The Morgan fingerprint density at radius 2 is 1.75 bits per heavy atom. The van der Waals surface area contributed by atoms with Crippen molar-refractivity contribution >= 4 is 0 Å². The molecule has 1 saturated carbocycles. The molecular weight excluding hydrogens is 250 g/mol. The summed E-state index contributed by atoms with van der Waals surface area (Å²) in [4.78, 5) is 2.11. The quantitative estimate of drug-likeness (QED) is 0.785. The topological polar surface area (TPSA) is 43.7 Å². The highest BCUT2D eigenvalue weighted by atomic mass is 16.3. The Balaban J connectivity index is 2.00. The summed E-state index contributed by atoms with van der Waals surface area (Å²) in [5.41, 5.74) is 1.14. The van der Waals surface area contributed by atoms with E-state index in [4.69, 9.17) is 0 Å². The second-order valence-electron chi connectivity index (χ2n) is 6.01. The van der Waals surface area contributed by atoms with E-state index in [9.17, 15) is 10.2 Å². The van der Waals surface area contributed by atoms with Gasteiger partial charge < -0.3 is 10.2 Å². The molecule has 0 aliphatic heterocycles. The summed E-state index contributed by atoms with van der Waals surface area (Å²) in [6, 6.07) is 10.5.